The summed E-state index contributed by atoms with van der Waals surface area (Å²) in [5.41, 5.74) is 1.01. The van der Waals surface area contributed by atoms with Crippen molar-refractivity contribution in [3.8, 4) is 5.75 Å². The van der Waals surface area contributed by atoms with Gasteiger partial charge in [0.2, 0.25) is 0 Å². The highest BCUT2D eigenvalue weighted by Gasteiger charge is 2.31. The molecule has 0 aliphatic carbocycles. The van der Waals surface area contributed by atoms with Crippen LogP contribution in [0.3, 0.4) is 0 Å². The first-order valence-electron chi connectivity index (χ1n) is 6.59. The number of benzene rings is 1. The van der Waals surface area contributed by atoms with Gasteiger partial charge in [-0.2, -0.15) is 0 Å². The van der Waals surface area contributed by atoms with E-state index in [4.69, 9.17) is 0 Å². The third-order valence-corrected chi connectivity index (χ3v) is 3.91. The van der Waals surface area contributed by atoms with Crippen molar-refractivity contribution in [2.75, 3.05) is 18.4 Å². The Kier molecular flexibility index (Phi) is 5.32. The minimum Gasteiger partial charge on any atom is -0.406 e. The molecule has 2 rings (SSSR count). The Labute approximate surface area is 125 Å². The summed E-state index contributed by atoms with van der Waals surface area (Å²) in [5, 5.41) is 1.02. The van der Waals surface area contributed by atoms with Crippen LogP contribution in [-0.2, 0) is 6.54 Å². The second kappa shape index (κ2) is 6.80. The lowest BCUT2D eigenvalue weighted by Gasteiger charge is -2.16. The van der Waals surface area contributed by atoms with Crippen LogP contribution in [0.4, 0.5) is 13.2 Å². The molecule has 1 aliphatic heterocycles. The monoisotopic (exact) mass is 351 g/mol. The van der Waals surface area contributed by atoms with Gasteiger partial charge in [-0.25, -0.2) is 0 Å². The largest absolute Gasteiger partial charge is 0.573 e. The second-order valence-corrected chi connectivity index (χ2v) is 5.85. The highest BCUT2D eigenvalue weighted by Crippen LogP contribution is 2.25. The number of likely N-dealkylation sites (tertiary alicyclic amines) is 1. The molecule has 1 atom stereocenters. The van der Waals surface area contributed by atoms with Crippen molar-refractivity contribution in [3.63, 3.8) is 0 Å². The summed E-state index contributed by atoms with van der Waals surface area (Å²) in [7, 11) is 0. The lowest BCUT2D eigenvalue weighted by molar-refractivity contribution is -0.274. The number of halogens is 4. The van der Waals surface area contributed by atoms with E-state index in [1.165, 1.54) is 25.0 Å². The van der Waals surface area contributed by atoms with Crippen LogP contribution in [0.25, 0.3) is 0 Å². The van der Waals surface area contributed by atoms with Crippen molar-refractivity contribution in [2.24, 2.45) is 5.92 Å². The van der Waals surface area contributed by atoms with Crippen molar-refractivity contribution in [1.29, 1.82) is 0 Å². The molecule has 1 aromatic carbocycles. The Hall–Kier alpha value is -0.750. The van der Waals surface area contributed by atoms with Gasteiger partial charge in [-0.05, 0) is 43.0 Å². The summed E-state index contributed by atoms with van der Waals surface area (Å²) in [6.07, 6.45) is -2.25. The molecular formula is C14H17BrF3NO. The summed E-state index contributed by atoms with van der Waals surface area (Å²) in [6.45, 7) is 2.90. The van der Waals surface area contributed by atoms with E-state index in [-0.39, 0.29) is 5.75 Å². The zero-order valence-corrected chi connectivity index (χ0v) is 12.6. The van der Waals surface area contributed by atoms with Crippen molar-refractivity contribution >= 4 is 15.9 Å². The Morgan fingerprint density at radius 1 is 1.25 bits per heavy atom. The third kappa shape index (κ3) is 4.98. The Balaban J connectivity index is 1.85. The van der Waals surface area contributed by atoms with Gasteiger partial charge in [0.15, 0.2) is 0 Å². The molecule has 6 heteroatoms. The van der Waals surface area contributed by atoms with Gasteiger partial charge in [0, 0.05) is 18.4 Å². The maximum atomic E-state index is 12.1. The molecular weight excluding hydrogens is 335 g/mol. The molecule has 2 nitrogen and oxygen atoms in total. The second-order valence-electron chi connectivity index (χ2n) is 5.06. The van der Waals surface area contributed by atoms with Gasteiger partial charge in [0.25, 0.3) is 0 Å². The minimum absolute atomic E-state index is 0.167. The molecule has 1 saturated heterocycles. The van der Waals surface area contributed by atoms with E-state index in [9.17, 15) is 13.2 Å². The summed E-state index contributed by atoms with van der Waals surface area (Å²) < 4.78 is 40.0. The number of alkyl halides is 4. The van der Waals surface area contributed by atoms with Crippen LogP contribution in [0.1, 0.15) is 18.4 Å². The quantitative estimate of drug-likeness (QED) is 0.737. The van der Waals surface area contributed by atoms with Gasteiger partial charge in [0.1, 0.15) is 5.75 Å². The highest BCUT2D eigenvalue weighted by atomic mass is 79.9. The van der Waals surface area contributed by atoms with E-state index in [0.29, 0.717) is 0 Å². The van der Waals surface area contributed by atoms with E-state index in [0.717, 1.165) is 36.4 Å². The first kappa shape index (κ1) is 15.6. The van der Waals surface area contributed by atoms with Crippen LogP contribution in [0.2, 0.25) is 0 Å². The number of hydrogen-bond acceptors (Lipinski definition) is 2. The van der Waals surface area contributed by atoms with Gasteiger partial charge in [-0.15, -0.1) is 13.2 Å². The van der Waals surface area contributed by atoms with E-state index in [1.807, 2.05) is 0 Å². The topological polar surface area (TPSA) is 12.5 Å². The lowest BCUT2D eigenvalue weighted by Crippen LogP contribution is -2.20. The van der Waals surface area contributed by atoms with Crippen molar-refractivity contribution in [1.82, 2.24) is 4.90 Å². The Morgan fingerprint density at radius 2 is 1.95 bits per heavy atom. The Morgan fingerprint density at radius 3 is 2.55 bits per heavy atom. The molecule has 0 spiro atoms. The average Bonchev–Trinajstić information content (AvgIpc) is 2.78. The molecule has 0 amide bonds. The van der Waals surface area contributed by atoms with Crippen LogP contribution in [-0.4, -0.2) is 29.7 Å². The zero-order valence-electron chi connectivity index (χ0n) is 11.0. The molecule has 1 aliphatic rings. The third-order valence-electron chi connectivity index (χ3n) is 3.45. The van der Waals surface area contributed by atoms with Crippen molar-refractivity contribution in [2.45, 2.75) is 25.7 Å². The molecule has 0 saturated carbocycles. The SMILES string of the molecule is FC(F)(F)Oc1ccc(CN2CCC(CCBr)C2)cc1. The highest BCUT2D eigenvalue weighted by molar-refractivity contribution is 9.09. The number of rotatable bonds is 5. The predicted molar refractivity (Wildman–Crippen MR) is 74.9 cm³/mol. The molecule has 0 N–H and O–H groups in total. The Bertz CT molecular complexity index is 421. The molecule has 1 unspecified atom stereocenters. The van der Waals surface area contributed by atoms with Gasteiger partial charge in [0.05, 0.1) is 0 Å². The normalized spacial score (nSPS) is 20.3. The molecule has 1 heterocycles. The van der Waals surface area contributed by atoms with Gasteiger partial charge in [-0.1, -0.05) is 28.1 Å². The lowest BCUT2D eigenvalue weighted by atomic mass is 10.1. The summed E-state index contributed by atoms with van der Waals surface area (Å²) in [5.74, 6) is 0.557. The van der Waals surface area contributed by atoms with Crippen LogP contribution in [0, 0.1) is 5.92 Å². The van der Waals surface area contributed by atoms with Crippen LogP contribution in [0.15, 0.2) is 24.3 Å². The maximum Gasteiger partial charge on any atom is 0.573 e. The fourth-order valence-corrected chi connectivity index (χ4v) is 3.15. The molecule has 112 valence electrons. The van der Waals surface area contributed by atoms with E-state index < -0.39 is 6.36 Å². The molecule has 20 heavy (non-hydrogen) atoms. The van der Waals surface area contributed by atoms with Gasteiger partial charge in [-0.3, -0.25) is 4.90 Å². The first-order valence-corrected chi connectivity index (χ1v) is 7.71. The van der Waals surface area contributed by atoms with Crippen LogP contribution < -0.4 is 4.74 Å². The summed E-state index contributed by atoms with van der Waals surface area (Å²) in [6, 6.07) is 6.13. The molecule has 1 fully saturated rings. The van der Waals surface area contributed by atoms with Crippen molar-refractivity contribution in [3.05, 3.63) is 29.8 Å². The number of hydrogen-bond donors (Lipinski definition) is 0. The van der Waals surface area contributed by atoms with E-state index in [1.54, 1.807) is 12.1 Å². The number of nitrogens with zero attached hydrogens (tertiary/aromatic N) is 1. The van der Waals surface area contributed by atoms with E-state index >= 15 is 0 Å². The average molecular weight is 352 g/mol. The van der Waals surface area contributed by atoms with Crippen LogP contribution in [0.5, 0.6) is 5.75 Å². The zero-order chi connectivity index (χ0) is 14.6. The summed E-state index contributed by atoms with van der Waals surface area (Å²) in [4.78, 5) is 2.34. The molecule has 0 bridgehead atoms. The smallest absolute Gasteiger partial charge is 0.406 e. The maximum absolute atomic E-state index is 12.1. The first-order chi connectivity index (χ1) is 9.46. The minimum atomic E-state index is -4.63. The predicted octanol–water partition coefficient (Wildman–Crippen LogP) is 4.19. The van der Waals surface area contributed by atoms with Gasteiger partial charge >= 0.3 is 6.36 Å². The van der Waals surface area contributed by atoms with Gasteiger partial charge < -0.3 is 4.74 Å². The fourth-order valence-electron chi connectivity index (χ4n) is 2.50. The van der Waals surface area contributed by atoms with Crippen LogP contribution >= 0.6 is 15.9 Å². The standard InChI is InChI=1S/C14H17BrF3NO/c15-7-5-12-6-8-19(10-12)9-11-1-3-13(4-2-11)20-14(16,17)18/h1-4,12H,5-10H2. The fraction of sp³-hybridized carbons (Fsp3) is 0.571. The molecule has 1 aromatic rings. The molecule has 0 aromatic heterocycles. The molecule has 0 radical (unpaired) electrons. The van der Waals surface area contributed by atoms with E-state index in [2.05, 4.69) is 25.6 Å². The van der Waals surface area contributed by atoms with Crippen molar-refractivity contribution < 1.29 is 17.9 Å². The summed E-state index contributed by atoms with van der Waals surface area (Å²) >= 11 is 3.45. The number of ether oxygens (including phenoxy) is 1.